The predicted molar refractivity (Wildman–Crippen MR) is 158 cm³/mol. The van der Waals surface area contributed by atoms with Crippen molar-refractivity contribution in [1.82, 2.24) is 26.1 Å². The van der Waals surface area contributed by atoms with E-state index in [9.17, 15) is 19.2 Å². The van der Waals surface area contributed by atoms with Crippen LogP contribution < -0.4 is 16.1 Å². The Hall–Kier alpha value is -3.83. The van der Waals surface area contributed by atoms with Gasteiger partial charge in [0.2, 0.25) is 5.91 Å². The summed E-state index contributed by atoms with van der Waals surface area (Å²) in [6.45, 7) is 9.06. The molecule has 3 N–H and O–H groups in total. The van der Waals surface area contributed by atoms with Gasteiger partial charge in [0.15, 0.2) is 6.10 Å². The van der Waals surface area contributed by atoms with E-state index in [0.717, 1.165) is 16.5 Å². The second kappa shape index (κ2) is 13.0. The second-order valence-corrected chi connectivity index (χ2v) is 11.7. The van der Waals surface area contributed by atoms with Crippen LogP contribution in [0, 0.1) is 11.3 Å². The third kappa shape index (κ3) is 6.96. The van der Waals surface area contributed by atoms with E-state index >= 15 is 0 Å². The first-order valence-corrected chi connectivity index (χ1v) is 14.4. The number of aromatic nitrogens is 1. The molecule has 1 aromatic heterocycles. The molecule has 4 rings (SSSR count). The van der Waals surface area contributed by atoms with Gasteiger partial charge in [-0.15, -0.1) is 0 Å². The fourth-order valence-corrected chi connectivity index (χ4v) is 5.11. The van der Waals surface area contributed by atoms with Crippen LogP contribution in [0.25, 0.3) is 17.0 Å². The Kier molecular flexibility index (Phi) is 9.63. The van der Waals surface area contributed by atoms with Gasteiger partial charge in [0.25, 0.3) is 11.8 Å². The Bertz CT molecular complexity index is 1380. The Morgan fingerprint density at radius 1 is 1.07 bits per heavy atom. The average molecular weight is 580 g/mol. The number of carbonyl (C=O) groups excluding carboxylic acids is 4. The standard InChI is InChI=1S/C31H41N5O6/c1-18(2)26-28(38)33-20(4)29(39)36-15-7-8-24(35-36)27(37)32-19(3)23-12-11-22-10-9-21(16-25(22)34-23)13-14-31(5,17-41-6)30(40)42-26/h9-14,16,18-20,24,26,35H,7-8,15,17H2,1-6H3,(H,32,37)(H,33,38)/b14-13-/t19-,20+,24+,26+,31+/m1/s1. The van der Waals surface area contributed by atoms with Crippen LogP contribution in [0.2, 0.25) is 0 Å². The molecule has 11 nitrogen and oxygen atoms in total. The molecule has 0 radical (unpaired) electrons. The predicted octanol–water partition coefficient (Wildman–Crippen LogP) is 2.66. The van der Waals surface area contributed by atoms with Crippen molar-refractivity contribution in [3.8, 4) is 0 Å². The number of hydrazine groups is 1. The molecule has 42 heavy (non-hydrogen) atoms. The van der Waals surface area contributed by atoms with Crippen molar-refractivity contribution in [3.05, 3.63) is 47.7 Å². The Balaban J connectivity index is 1.74. The average Bonchev–Trinajstić information content (AvgIpc) is 2.97. The lowest BCUT2D eigenvalue weighted by molar-refractivity contribution is -0.168. The number of nitrogens with zero attached hydrogens (tertiary/aromatic N) is 2. The summed E-state index contributed by atoms with van der Waals surface area (Å²) in [5, 5.41) is 8.01. The monoisotopic (exact) mass is 579 g/mol. The van der Waals surface area contributed by atoms with Crippen molar-refractivity contribution in [2.24, 2.45) is 11.3 Å². The molecule has 5 bridgehead atoms. The van der Waals surface area contributed by atoms with E-state index in [1.54, 1.807) is 39.8 Å². The fraction of sp³-hybridized carbons (Fsp3) is 0.516. The number of hydrogen-bond acceptors (Lipinski definition) is 8. The first-order chi connectivity index (χ1) is 19.9. The number of nitrogens with one attached hydrogen (secondary N) is 3. The molecule has 1 saturated heterocycles. The van der Waals surface area contributed by atoms with Crippen LogP contribution in [0.4, 0.5) is 0 Å². The largest absolute Gasteiger partial charge is 0.451 e. The number of amides is 3. The van der Waals surface area contributed by atoms with Crippen molar-refractivity contribution >= 4 is 40.7 Å². The Labute approximate surface area is 246 Å². The van der Waals surface area contributed by atoms with Crippen LogP contribution in [-0.4, -0.2) is 72.1 Å². The highest BCUT2D eigenvalue weighted by molar-refractivity contribution is 5.91. The summed E-state index contributed by atoms with van der Waals surface area (Å²) < 4.78 is 11.1. The highest BCUT2D eigenvalue weighted by Crippen LogP contribution is 2.26. The summed E-state index contributed by atoms with van der Waals surface area (Å²) in [5.74, 6) is -2.21. The van der Waals surface area contributed by atoms with Crippen LogP contribution in [-0.2, 0) is 28.7 Å². The molecule has 5 atom stereocenters. The van der Waals surface area contributed by atoms with Gasteiger partial charge in [-0.1, -0.05) is 44.2 Å². The Morgan fingerprint density at radius 2 is 1.79 bits per heavy atom. The van der Waals surface area contributed by atoms with Gasteiger partial charge in [-0.3, -0.25) is 29.2 Å². The molecule has 0 spiro atoms. The third-order valence-electron chi connectivity index (χ3n) is 7.69. The van der Waals surface area contributed by atoms with E-state index in [2.05, 4.69) is 16.1 Å². The maximum atomic E-state index is 13.5. The van der Waals surface area contributed by atoms with E-state index in [1.165, 1.54) is 12.1 Å². The fourth-order valence-electron chi connectivity index (χ4n) is 5.11. The van der Waals surface area contributed by atoms with Gasteiger partial charge in [-0.25, -0.2) is 5.43 Å². The minimum absolute atomic E-state index is 0.0264. The lowest BCUT2D eigenvalue weighted by atomic mass is 9.90. The molecular formula is C31H41N5O6. The number of pyridine rings is 1. The zero-order valence-electron chi connectivity index (χ0n) is 25.1. The lowest BCUT2D eigenvalue weighted by Gasteiger charge is -2.35. The van der Waals surface area contributed by atoms with Crippen molar-refractivity contribution in [1.29, 1.82) is 0 Å². The molecule has 11 heteroatoms. The van der Waals surface area contributed by atoms with Gasteiger partial charge in [-0.05, 0) is 57.2 Å². The van der Waals surface area contributed by atoms with E-state index < -0.39 is 41.4 Å². The van der Waals surface area contributed by atoms with Gasteiger partial charge in [-0.2, -0.15) is 0 Å². The van der Waals surface area contributed by atoms with Gasteiger partial charge in [0.1, 0.15) is 17.5 Å². The summed E-state index contributed by atoms with van der Waals surface area (Å²) in [6, 6.07) is 7.67. The minimum Gasteiger partial charge on any atom is -0.451 e. The maximum Gasteiger partial charge on any atom is 0.318 e. The molecule has 2 aliphatic rings. The topological polar surface area (TPSA) is 139 Å². The number of carbonyl (C=O) groups is 4. The van der Waals surface area contributed by atoms with Crippen LogP contribution in [0.5, 0.6) is 0 Å². The molecule has 226 valence electrons. The van der Waals surface area contributed by atoms with Crippen molar-refractivity contribution < 1.29 is 28.7 Å². The van der Waals surface area contributed by atoms with Gasteiger partial charge >= 0.3 is 5.97 Å². The van der Waals surface area contributed by atoms with Gasteiger partial charge < -0.3 is 20.1 Å². The zero-order valence-corrected chi connectivity index (χ0v) is 25.1. The van der Waals surface area contributed by atoms with Crippen molar-refractivity contribution in [2.75, 3.05) is 20.3 Å². The van der Waals surface area contributed by atoms with E-state index in [1.807, 2.05) is 37.3 Å². The zero-order chi connectivity index (χ0) is 30.6. The van der Waals surface area contributed by atoms with Crippen LogP contribution in [0.15, 0.2) is 36.4 Å². The summed E-state index contributed by atoms with van der Waals surface area (Å²) in [5.41, 5.74) is 4.05. The van der Waals surface area contributed by atoms with Crippen molar-refractivity contribution in [3.63, 3.8) is 0 Å². The summed E-state index contributed by atoms with van der Waals surface area (Å²) in [7, 11) is 1.49. The minimum atomic E-state index is -1.20. The molecule has 0 aliphatic carbocycles. The van der Waals surface area contributed by atoms with E-state index in [0.29, 0.717) is 25.1 Å². The molecule has 3 amide bonds. The smallest absolute Gasteiger partial charge is 0.318 e. The number of rotatable bonds is 3. The quantitative estimate of drug-likeness (QED) is 0.472. The first-order valence-electron chi connectivity index (χ1n) is 14.4. The maximum absolute atomic E-state index is 13.5. The molecule has 2 aromatic rings. The Morgan fingerprint density at radius 3 is 2.50 bits per heavy atom. The summed E-state index contributed by atoms with van der Waals surface area (Å²) >= 11 is 0. The normalized spacial score (nSPS) is 28.8. The summed E-state index contributed by atoms with van der Waals surface area (Å²) in [4.78, 5) is 58.0. The second-order valence-electron chi connectivity index (χ2n) is 11.7. The first kappa shape index (κ1) is 31.1. The van der Waals surface area contributed by atoms with Crippen LogP contribution >= 0.6 is 0 Å². The SMILES string of the molecule is COC[C@]1(C)/C=C\c2ccc3ccc(nc3c2)[C@@H](C)NC(=O)[C@@H]2CCCN(N2)C(=O)[C@H](C)NC(=O)[C@H](C(C)C)OC1=O. The molecule has 2 aliphatic heterocycles. The highest BCUT2D eigenvalue weighted by Gasteiger charge is 2.38. The number of hydrogen-bond donors (Lipinski definition) is 3. The molecule has 1 aromatic carbocycles. The number of cyclic esters (lactones) is 1. The number of methoxy groups -OCH3 is 1. The third-order valence-corrected chi connectivity index (χ3v) is 7.69. The number of benzene rings is 1. The summed E-state index contributed by atoms with van der Waals surface area (Å²) in [6.07, 6.45) is 3.53. The number of fused-ring (bicyclic) bond motifs is 4. The van der Waals surface area contributed by atoms with Crippen LogP contribution in [0.1, 0.15) is 64.8 Å². The van der Waals surface area contributed by atoms with E-state index in [-0.39, 0.29) is 24.5 Å². The molecular weight excluding hydrogens is 538 g/mol. The molecule has 3 heterocycles. The van der Waals surface area contributed by atoms with Gasteiger partial charge in [0.05, 0.1) is 23.9 Å². The lowest BCUT2D eigenvalue weighted by Crippen LogP contribution is -2.61. The van der Waals surface area contributed by atoms with Gasteiger partial charge in [0, 0.05) is 19.0 Å². The molecule has 1 fully saturated rings. The molecule has 0 unspecified atom stereocenters. The van der Waals surface area contributed by atoms with E-state index in [4.69, 9.17) is 14.5 Å². The van der Waals surface area contributed by atoms with Crippen molar-refractivity contribution in [2.45, 2.75) is 71.7 Å². The number of ether oxygens (including phenoxy) is 2. The highest BCUT2D eigenvalue weighted by atomic mass is 16.6. The number of esters is 1. The van der Waals surface area contributed by atoms with Crippen LogP contribution in [0.3, 0.4) is 0 Å². The molecule has 0 saturated carbocycles.